The molecule has 2 aromatic carbocycles. The van der Waals surface area contributed by atoms with E-state index in [0.717, 1.165) is 55.7 Å². The lowest BCUT2D eigenvalue weighted by atomic mass is 10.0. The molecule has 1 aliphatic heterocycles. The van der Waals surface area contributed by atoms with Crippen molar-refractivity contribution in [2.45, 2.75) is 39.7 Å². The quantitative estimate of drug-likeness (QED) is 0.243. The summed E-state index contributed by atoms with van der Waals surface area (Å²) >= 11 is 0. The average Bonchev–Trinajstić information content (AvgIpc) is 3.33. The van der Waals surface area contributed by atoms with Crippen LogP contribution in [0.3, 0.4) is 0 Å². The molecule has 1 fully saturated rings. The molecule has 6 nitrogen and oxygen atoms in total. The molecule has 1 heterocycles. The molecule has 182 valence electrons. The van der Waals surface area contributed by atoms with Gasteiger partial charge in [-0.1, -0.05) is 37.3 Å². The first-order valence-electron chi connectivity index (χ1n) is 11.6. The van der Waals surface area contributed by atoms with Gasteiger partial charge in [-0.05, 0) is 43.5 Å². The van der Waals surface area contributed by atoms with Crippen LogP contribution >= 0.6 is 24.0 Å². The van der Waals surface area contributed by atoms with Crippen LogP contribution in [-0.4, -0.2) is 46.0 Å². The van der Waals surface area contributed by atoms with Gasteiger partial charge in [0, 0.05) is 37.1 Å². The van der Waals surface area contributed by atoms with Crippen LogP contribution in [0, 0.1) is 12.8 Å². The lowest BCUT2D eigenvalue weighted by Crippen LogP contribution is -2.39. The first kappa shape index (κ1) is 27.2. The van der Waals surface area contributed by atoms with Crippen LogP contribution in [0.15, 0.2) is 47.5 Å². The summed E-state index contributed by atoms with van der Waals surface area (Å²) in [7, 11) is 1.71. The Kier molecular flexibility index (Phi) is 11.8. The first-order chi connectivity index (χ1) is 15.6. The van der Waals surface area contributed by atoms with Crippen molar-refractivity contribution in [3.63, 3.8) is 0 Å². The number of methoxy groups -OCH3 is 1. The van der Waals surface area contributed by atoms with E-state index in [2.05, 4.69) is 55.7 Å². The summed E-state index contributed by atoms with van der Waals surface area (Å²) in [5.41, 5.74) is 3.46. The van der Waals surface area contributed by atoms with Crippen LogP contribution in [0.1, 0.15) is 42.9 Å². The Morgan fingerprint density at radius 1 is 1.18 bits per heavy atom. The smallest absolute Gasteiger partial charge is 0.191 e. The Labute approximate surface area is 215 Å². The fraction of sp³-hybridized carbons (Fsp3) is 0.500. The van der Waals surface area contributed by atoms with E-state index in [9.17, 15) is 0 Å². The van der Waals surface area contributed by atoms with Gasteiger partial charge in [-0.2, -0.15) is 0 Å². The predicted octanol–water partition coefficient (Wildman–Crippen LogP) is 4.90. The first-order valence-corrected chi connectivity index (χ1v) is 11.6. The van der Waals surface area contributed by atoms with E-state index < -0.39 is 0 Å². The fourth-order valence-corrected chi connectivity index (χ4v) is 3.79. The molecule has 0 aliphatic carbocycles. The van der Waals surface area contributed by atoms with Crippen LogP contribution in [-0.2, 0) is 11.3 Å². The Balaban J connectivity index is 0.00000385. The summed E-state index contributed by atoms with van der Waals surface area (Å²) in [6, 6.07) is 14.5. The number of aryl methyl sites for hydroxylation is 1. The average molecular weight is 568 g/mol. The normalized spacial score (nSPS) is 16.6. The van der Waals surface area contributed by atoms with Crippen LogP contribution in [0.4, 0.5) is 0 Å². The largest absolute Gasteiger partial charge is 0.496 e. The van der Waals surface area contributed by atoms with Crippen molar-refractivity contribution < 1.29 is 14.2 Å². The Morgan fingerprint density at radius 3 is 2.73 bits per heavy atom. The van der Waals surface area contributed by atoms with Gasteiger partial charge in [0.1, 0.15) is 11.5 Å². The topological polar surface area (TPSA) is 64.1 Å². The second kappa shape index (κ2) is 14.3. The van der Waals surface area contributed by atoms with Crippen molar-refractivity contribution in [1.82, 2.24) is 10.6 Å². The number of nitrogens with one attached hydrogen (secondary N) is 2. The zero-order valence-corrected chi connectivity index (χ0v) is 22.6. The van der Waals surface area contributed by atoms with Crippen molar-refractivity contribution in [2.24, 2.45) is 10.9 Å². The second-order valence-electron chi connectivity index (χ2n) is 8.37. The molecule has 0 radical (unpaired) electrons. The molecule has 0 aromatic heterocycles. The highest BCUT2D eigenvalue weighted by molar-refractivity contribution is 14.0. The van der Waals surface area contributed by atoms with Gasteiger partial charge in [0.05, 0.1) is 26.9 Å². The van der Waals surface area contributed by atoms with Gasteiger partial charge in [-0.3, -0.25) is 0 Å². The molecular weight excluding hydrogens is 529 g/mol. The molecule has 2 unspecified atom stereocenters. The molecule has 0 spiro atoms. The zero-order valence-electron chi connectivity index (χ0n) is 20.2. The number of benzene rings is 2. The van der Waals surface area contributed by atoms with Crippen molar-refractivity contribution in [3.8, 4) is 11.5 Å². The zero-order chi connectivity index (χ0) is 22.8. The number of ether oxygens (including phenoxy) is 3. The summed E-state index contributed by atoms with van der Waals surface area (Å²) in [5, 5.41) is 6.82. The number of hydrogen-bond acceptors (Lipinski definition) is 4. The van der Waals surface area contributed by atoms with Gasteiger partial charge in [-0.25, -0.2) is 4.99 Å². The molecule has 2 N–H and O–H groups in total. The van der Waals surface area contributed by atoms with E-state index in [1.54, 1.807) is 7.11 Å². The summed E-state index contributed by atoms with van der Waals surface area (Å²) in [6.45, 7) is 10.8. The summed E-state index contributed by atoms with van der Waals surface area (Å²) in [5.74, 6) is 3.38. The molecule has 33 heavy (non-hydrogen) atoms. The van der Waals surface area contributed by atoms with E-state index in [-0.39, 0.29) is 29.9 Å². The standard InChI is InChI=1S/C26H37N3O3.HI/c1-5-27-26(28-15-20(3)23-8-6-7-9-24(23)30-4)29-16-22-11-10-19(2)14-25(22)32-18-21-12-13-31-17-21;/h6-11,14,20-21H,5,12-13,15-18H2,1-4H3,(H2,27,28,29);1H. The van der Waals surface area contributed by atoms with Crippen molar-refractivity contribution in [3.05, 3.63) is 59.2 Å². The maximum absolute atomic E-state index is 6.17. The molecule has 0 bridgehead atoms. The third-order valence-electron chi connectivity index (χ3n) is 5.72. The van der Waals surface area contributed by atoms with Gasteiger partial charge in [0.2, 0.25) is 0 Å². The third-order valence-corrected chi connectivity index (χ3v) is 5.72. The minimum absolute atomic E-state index is 0. The minimum atomic E-state index is 0. The predicted molar refractivity (Wildman–Crippen MR) is 145 cm³/mol. The summed E-state index contributed by atoms with van der Waals surface area (Å²) in [6.07, 6.45) is 1.07. The highest BCUT2D eigenvalue weighted by Gasteiger charge is 2.17. The number of hydrogen-bond donors (Lipinski definition) is 2. The maximum Gasteiger partial charge on any atom is 0.191 e. The molecule has 1 aliphatic rings. The lowest BCUT2D eigenvalue weighted by Gasteiger charge is -2.18. The van der Waals surface area contributed by atoms with Crippen LogP contribution in [0.2, 0.25) is 0 Å². The Hall–Kier alpha value is -2.00. The SMILES string of the molecule is CCNC(=NCc1ccc(C)cc1OCC1CCOC1)NCC(C)c1ccccc1OC.I. The highest BCUT2D eigenvalue weighted by atomic mass is 127. The van der Waals surface area contributed by atoms with Crippen molar-refractivity contribution >= 4 is 29.9 Å². The number of aliphatic imine (C=N–C) groups is 1. The molecule has 2 aromatic rings. The van der Waals surface area contributed by atoms with Crippen molar-refractivity contribution in [1.29, 1.82) is 0 Å². The molecular formula is C26H38IN3O3. The van der Waals surface area contributed by atoms with Crippen molar-refractivity contribution in [2.75, 3.05) is 40.0 Å². The molecule has 7 heteroatoms. The number of rotatable bonds is 10. The van der Waals surface area contributed by atoms with Crippen LogP contribution in [0.5, 0.6) is 11.5 Å². The number of guanidine groups is 1. The van der Waals surface area contributed by atoms with E-state index in [0.29, 0.717) is 19.1 Å². The van der Waals surface area contributed by atoms with Gasteiger partial charge >= 0.3 is 0 Å². The van der Waals surface area contributed by atoms with Gasteiger partial charge < -0.3 is 24.8 Å². The summed E-state index contributed by atoms with van der Waals surface area (Å²) in [4.78, 5) is 4.82. The number of halogens is 1. The van der Waals surface area contributed by atoms with E-state index in [1.807, 2.05) is 18.2 Å². The minimum Gasteiger partial charge on any atom is -0.496 e. The van der Waals surface area contributed by atoms with Gasteiger partial charge in [0.25, 0.3) is 0 Å². The molecule has 2 atom stereocenters. The molecule has 0 saturated carbocycles. The van der Waals surface area contributed by atoms with E-state index in [4.69, 9.17) is 19.2 Å². The maximum atomic E-state index is 6.17. The fourth-order valence-electron chi connectivity index (χ4n) is 3.79. The van der Waals surface area contributed by atoms with Gasteiger partial charge in [-0.15, -0.1) is 24.0 Å². The Bertz CT molecular complexity index is 885. The molecule has 0 amide bonds. The third kappa shape index (κ3) is 8.37. The molecule has 3 rings (SSSR count). The number of para-hydroxylation sites is 1. The van der Waals surface area contributed by atoms with E-state index in [1.165, 1.54) is 11.1 Å². The lowest BCUT2D eigenvalue weighted by molar-refractivity contribution is 0.166. The number of nitrogens with zero attached hydrogens (tertiary/aromatic N) is 1. The monoisotopic (exact) mass is 567 g/mol. The van der Waals surface area contributed by atoms with Crippen LogP contribution < -0.4 is 20.1 Å². The Morgan fingerprint density at radius 2 is 2.00 bits per heavy atom. The molecule has 1 saturated heterocycles. The van der Waals surface area contributed by atoms with Gasteiger partial charge in [0.15, 0.2) is 5.96 Å². The highest BCUT2D eigenvalue weighted by Crippen LogP contribution is 2.26. The van der Waals surface area contributed by atoms with Crippen LogP contribution in [0.25, 0.3) is 0 Å². The van der Waals surface area contributed by atoms with E-state index >= 15 is 0 Å². The summed E-state index contributed by atoms with van der Waals surface area (Å²) < 4.78 is 17.2. The second-order valence-corrected chi connectivity index (χ2v) is 8.37.